The van der Waals surface area contributed by atoms with Crippen LogP contribution in [0.15, 0.2) is 24.3 Å². The Kier molecular flexibility index (Phi) is 2.76. The Morgan fingerprint density at radius 2 is 1.73 bits per heavy atom. The summed E-state index contributed by atoms with van der Waals surface area (Å²) >= 11 is 4.68. The van der Waals surface area contributed by atoms with Crippen molar-refractivity contribution in [3.05, 3.63) is 29.8 Å². The molecule has 0 amide bonds. The van der Waals surface area contributed by atoms with Gasteiger partial charge in [0.2, 0.25) is 0 Å². The summed E-state index contributed by atoms with van der Waals surface area (Å²) in [6.07, 6.45) is 0. The highest BCUT2D eigenvalue weighted by Crippen LogP contribution is 1.92. The first-order valence-corrected chi connectivity index (χ1v) is 3.62. The van der Waals surface area contributed by atoms with E-state index >= 15 is 0 Å². The lowest BCUT2D eigenvalue weighted by molar-refractivity contribution is 0.426. The van der Waals surface area contributed by atoms with E-state index in [1.165, 1.54) is 5.37 Å². The lowest BCUT2D eigenvalue weighted by atomic mass is 9.80. The quantitative estimate of drug-likeness (QED) is 0.468. The molecule has 0 saturated heterocycles. The molecule has 0 aliphatic carbocycles. The van der Waals surface area contributed by atoms with Gasteiger partial charge < -0.3 is 10.0 Å². The predicted molar refractivity (Wildman–Crippen MR) is 49.0 cm³/mol. The summed E-state index contributed by atoms with van der Waals surface area (Å²) in [7, 11) is -1.39. The Morgan fingerprint density at radius 1 is 1.18 bits per heavy atom. The van der Waals surface area contributed by atoms with Crippen molar-refractivity contribution in [2.75, 3.05) is 0 Å². The van der Waals surface area contributed by atoms with Crippen molar-refractivity contribution in [3.63, 3.8) is 0 Å². The van der Waals surface area contributed by atoms with Crippen LogP contribution in [0.5, 0.6) is 0 Å². The molecule has 0 aromatic heterocycles. The van der Waals surface area contributed by atoms with Crippen molar-refractivity contribution >= 4 is 30.2 Å². The number of thiocarbonyl (C=S) groups is 1. The van der Waals surface area contributed by atoms with Crippen LogP contribution in [-0.2, 0) is 0 Å². The second-order valence-corrected chi connectivity index (χ2v) is 2.39. The van der Waals surface area contributed by atoms with Gasteiger partial charge in [0.25, 0.3) is 0 Å². The fourth-order valence-electron chi connectivity index (χ4n) is 0.747. The highest BCUT2D eigenvalue weighted by atomic mass is 32.1. The Hall–Kier alpha value is -0.705. The summed E-state index contributed by atoms with van der Waals surface area (Å²) in [4.78, 5) is 0. The van der Waals surface area contributed by atoms with Gasteiger partial charge in [-0.15, -0.1) is 0 Å². The fourth-order valence-corrected chi connectivity index (χ4v) is 0.904. The maximum absolute atomic E-state index is 8.71. The molecule has 0 radical (unpaired) electrons. The van der Waals surface area contributed by atoms with Gasteiger partial charge in [0, 0.05) is 5.37 Å². The molecular formula is C7H7BO2S. The molecule has 0 bridgehead atoms. The minimum atomic E-state index is -1.39. The molecule has 0 heterocycles. The molecular weight excluding hydrogens is 159 g/mol. The molecule has 0 spiro atoms. The molecule has 0 saturated carbocycles. The van der Waals surface area contributed by atoms with Crippen LogP contribution in [0.3, 0.4) is 0 Å². The van der Waals surface area contributed by atoms with Crippen LogP contribution in [0.25, 0.3) is 0 Å². The number of hydrogen-bond donors (Lipinski definition) is 2. The third-order valence-electron chi connectivity index (χ3n) is 1.37. The summed E-state index contributed by atoms with van der Waals surface area (Å²) in [5.41, 5.74) is 1.37. The number of rotatable bonds is 2. The van der Waals surface area contributed by atoms with E-state index in [1.807, 2.05) is 0 Å². The van der Waals surface area contributed by atoms with Gasteiger partial charge in [-0.25, -0.2) is 0 Å². The Morgan fingerprint density at radius 3 is 2.09 bits per heavy atom. The molecule has 0 aliphatic rings. The second kappa shape index (κ2) is 3.62. The normalized spacial score (nSPS) is 9.27. The van der Waals surface area contributed by atoms with Gasteiger partial charge in [0.05, 0.1) is 0 Å². The Labute approximate surface area is 70.6 Å². The highest BCUT2D eigenvalue weighted by Gasteiger charge is 2.08. The lowest BCUT2D eigenvalue weighted by Gasteiger charge is -1.97. The van der Waals surface area contributed by atoms with E-state index in [0.29, 0.717) is 5.46 Å². The van der Waals surface area contributed by atoms with E-state index in [4.69, 9.17) is 10.0 Å². The van der Waals surface area contributed by atoms with Crippen molar-refractivity contribution < 1.29 is 10.0 Å². The Bertz CT molecular complexity index is 245. The van der Waals surface area contributed by atoms with Gasteiger partial charge in [-0.2, -0.15) is 0 Å². The standard InChI is InChI=1S/C7H7BO2S/c9-8(10)7-3-1-6(5-11)2-4-7/h1-5,9-10H. The third-order valence-corrected chi connectivity index (χ3v) is 1.64. The van der Waals surface area contributed by atoms with Crippen LogP contribution in [0, 0.1) is 0 Å². The van der Waals surface area contributed by atoms with E-state index in [2.05, 4.69) is 12.2 Å². The molecule has 2 nitrogen and oxygen atoms in total. The van der Waals surface area contributed by atoms with E-state index < -0.39 is 7.12 Å². The Balaban J connectivity index is 2.91. The average molecular weight is 166 g/mol. The summed E-state index contributed by atoms with van der Waals surface area (Å²) in [6.45, 7) is 0. The van der Waals surface area contributed by atoms with Crippen LogP contribution in [-0.4, -0.2) is 22.5 Å². The van der Waals surface area contributed by atoms with Gasteiger partial charge in [-0.1, -0.05) is 36.5 Å². The average Bonchev–Trinajstić information content (AvgIpc) is 2.05. The summed E-state index contributed by atoms with van der Waals surface area (Å²) < 4.78 is 0. The predicted octanol–water partition coefficient (Wildman–Crippen LogP) is -0.286. The fraction of sp³-hybridized carbons (Fsp3) is 0. The van der Waals surface area contributed by atoms with E-state index in [0.717, 1.165) is 5.56 Å². The SMILES string of the molecule is OB(O)c1ccc(C=S)cc1. The summed E-state index contributed by atoms with van der Waals surface area (Å²) in [5, 5.41) is 18.9. The third kappa shape index (κ3) is 2.11. The lowest BCUT2D eigenvalue weighted by Crippen LogP contribution is -2.29. The van der Waals surface area contributed by atoms with E-state index in [1.54, 1.807) is 24.3 Å². The largest absolute Gasteiger partial charge is 0.488 e. The molecule has 0 aliphatic heterocycles. The van der Waals surface area contributed by atoms with Crippen molar-refractivity contribution in [1.82, 2.24) is 0 Å². The molecule has 1 aromatic rings. The van der Waals surface area contributed by atoms with E-state index in [9.17, 15) is 0 Å². The van der Waals surface area contributed by atoms with Crippen molar-refractivity contribution in [3.8, 4) is 0 Å². The molecule has 0 fully saturated rings. The maximum Gasteiger partial charge on any atom is 0.488 e. The highest BCUT2D eigenvalue weighted by molar-refractivity contribution is 7.79. The summed E-state index contributed by atoms with van der Waals surface area (Å²) in [5.74, 6) is 0. The van der Waals surface area contributed by atoms with Crippen LogP contribution in [0.1, 0.15) is 5.56 Å². The molecule has 2 N–H and O–H groups in total. The van der Waals surface area contributed by atoms with Crippen molar-refractivity contribution in [2.24, 2.45) is 0 Å². The van der Waals surface area contributed by atoms with Crippen molar-refractivity contribution in [1.29, 1.82) is 0 Å². The smallest absolute Gasteiger partial charge is 0.423 e. The van der Waals surface area contributed by atoms with Crippen LogP contribution < -0.4 is 5.46 Å². The van der Waals surface area contributed by atoms with Crippen LogP contribution in [0.4, 0.5) is 0 Å². The van der Waals surface area contributed by atoms with E-state index in [-0.39, 0.29) is 0 Å². The first-order chi connectivity index (χ1) is 5.24. The first-order valence-electron chi connectivity index (χ1n) is 3.15. The van der Waals surface area contributed by atoms with Crippen LogP contribution >= 0.6 is 12.2 Å². The number of benzene rings is 1. The molecule has 0 unspecified atom stereocenters. The first kappa shape index (κ1) is 8.39. The molecule has 56 valence electrons. The van der Waals surface area contributed by atoms with Gasteiger partial charge in [0.1, 0.15) is 0 Å². The number of hydrogen-bond acceptors (Lipinski definition) is 3. The van der Waals surface area contributed by atoms with Gasteiger partial charge >= 0.3 is 7.12 Å². The van der Waals surface area contributed by atoms with Gasteiger partial charge in [-0.3, -0.25) is 0 Å². The summed E-state index contributed by atoms with van der Waals surface area (Å²) in [6, 6.07) is 6.73. The molecule has 1 rings (SSSR count). The van der Waals surface area contributed by atoms with Crippen molar-refractivity contribution in [2.45, 2.75) is 0 Å². The molecule has 11 heavy (non-hydrogen) atoms. The minimum Gasteiger partial charge on any atom is -0.423 e. The van der Waals surface area contributed by atoms with Crippen LogP contribution in [0.2, 0.25) is 0 Å². The van der Waals surface area contributed by atoms with Gasteiger partial charge in [0.15, 0.2) is 0 Å². The van der Waals surface area contributed by atoms with Gasteiger partial charge in [-0.05, 0) is 11.0 Å². The topological polar surface area (TPSA) is 40.5 Å². The monoisotopic (exact) mass is 166 g/mol. The molecule has 4 heteroatoms. The minimum absolute atomic E-state index is 0.477. The second-order valence-electron chi connectivity index (χ2n) is 2.16. The zero-order valence-electron chi connectivity index (χ0n) is 5.77. The molecule has 0 atom stereocenters. The zero-order valence-corrected chi connectivity index (χ0v) is 6.58. The maximum atomic E-state index is 8.71. The zero-order chi connectivity index (χ0) is 8.27. The molecule has 1 aromatic carbocycles.